The molecular weight excluding hydrogens is 308 g/mol. The number of carbonyl (C=O) groups excluding carboxylic acids is 2. The largest absolute Gasteiger partial charge is 0.497 e. The van der Waals surface area contributed by atoms with Crippen molar-refractivity contribution in [2.24, 2.45) is 0 Å². The predicted molar refractivity (Wildman–Crippen MR) is 90.5 cm³/mol. The summed E-state index contributed by atoms with van der Waals surface area (Å²) < 4.78 is 10.2. The van der Waals surface area contributed by atoms with E-state index < -0.39 is 11.9 Å². The number of ether oxygens (including phenoxy) is 2. The van der Waals surface area contributed by atoms with Gasteiger partial charge in [0.1, 0.15) is 17.2 Å². The molecule has 122 valence electrons. The average molecular weight is 324 g/mol. The van der Waals surface area contributed by atoms with E-state index in [0.717, 1.165) is 4.90 Å². The third-order valence-corrected chi connectivity index (χ3v) is 3.76. The minimum atomic E-state index is -0.472. The van der Waals surface area contributed by atoms with Crippen LogP contribution < -0.4 is 19.3 Å². The van der Waals surface area contributed by atoms with Gasteiger partial charge in [0, 0.05) is 0 Å². The summed E-state index contributed by atoms with van der Waals surface area (Å²) in [5, 5.41) is 0. The summed E-state index contributed by atoms with van der Waals surface area (Å²) in [7, 11) is 3.11. The molecule has 2 aromatic rings. The number of rotatable bonds is 4. The van der Waals surface area contributed by atoms with Crippen LogP contribution in [0.25, 0.3) is 0 Å². The Morgan fingerprint density at radius 3 is 1.58 bits per heavy atom. The first kappa shape index (κ1) is 15.6. The van der Waals surface area contributed by atoms with Crippen LogP contribution in [0.2, 0.25) is 0 Å². The van der Waals surface area contributed by atoms with Crippen LogP contribution in [0.3, 0.4) is 0 Å². The first-order valence-electron chi connectivity index (χ1n) is 7.22. The first-order valence-corrected chi connectivity index (χ1v) is 7.22. The monoisotopic (exact) mass is 324 g/mol. The molecule has 1 heterocycles. The molecule has 6 heteroatoms. The summed E-state index contributed by atoms with van der Waals surface area (Å²) in [4.78, 5) is 27.6. The van der Waals surface area contributed by atoms with Gasteiger partial charge in [-0.15, -0.1) is 0 Å². The van der Waals surface area contributed by atoms with Crippen molar-refractivity contribution in [1.29, 1.82) is 0 Å². The fourth-order valence-corrected chi connectivity index (χ4v) is 2.48. The van der Waals surface area contributed by atoms with Gasteiger partial charge >= 0.3 is 6.03 Å². The van der Waals surface area contributed by atoms with Gasteiger partial charge in [-0.05, 0) is 48.5 Å². The number of benzene rings is 2. The fourth-order valence-electron chi connectivity index (χ4n) is 2.48. The second kappa shape index (κ2) is 6.08. The van der Waals surface area contributed by atoms with Crippen molar-refractivity contribution in [3.8, 4) is 11.5 Å². The van der Waals surface area contributed by atoms with Gasteiger partial charge in [0.05, 0.1) is 25.6 Å². The highest BCUT2D eigenvalue weighted by molar-refractivity contribution is 6.33. The Morgan fingerprint density at radius 2 is 1.17 bits per heavy atom. The van der Waals surface area contributed by atoms with Gasteiger partial charge < -0.3 is 9.47 Å². The second-order valence-corrected chi connectivity index (χ2v) is 5.10. The van der Waals surface area contributed by atoms with Crippen LogP contribution in [0.5, 0.6) is 11.5 Å². The lowest BCUT2D eigenvalue weighted by Gasteiger charge is -2.17. The van der Waals surface area contributed by atoms with Crippen LogP contribution in [0.15, 0.2) is 60.8 Å². The van der Waals surface area contributed by atoms with Gasteiger partial charge in [0.25, 0.3) is 5.91 Å². The molecule has 6 nitrogen and oxygen atoms in total. The van der Waals surface area contributed by atoms with Crippen LogP contribution in [0, 0.1) is 0 Å². The molecule has 1 saturated heterocycles. The first-order chi connectivity index (χ1) is 11.6. The Balaban J connectivity index is 1.94. The van der Waals surface area contributed by atoms with Crippen molar-refractivity contribution >= 4 is 23.3 Å². The fraction of sp³-hybridized carbons (Fsp3) is 0.111. The Hall–Kier alpha value is -3.28. The van der Waals surface area contributed by atoms with E-state index in [0.29, 0.717) is 22.9 Å². The molecule has 24 heavy (non-hydrogen) atoms. The highest BCUT2D eigenvalue weighted by Gasteiger charge is 2.41. The van der Waals surface area contributed by atoms with Gasteiger partial charge in [-0.2, -0.15) is 0 Å². The maximum atomic E-state index is 12.7. The van der Waals surface area contributed by atoms with E-state index in [1.807, 2.05) is 0 Å². The van der Waals surface area contributed by atoms with E-state index in [4.69, 9.17) is 9.47 Å². The predicted octanol–water partition coefficient (Wildman–Crippen LogP) is 3.19. The highest BCUT2D eigenvalue weighted by atomic mass is 16.5. The molecule has 3 rings (SSSR count). The zero-order chi connectivity index (χ0) is 17.3. The number of hydrogen-bond acceptors (Lipinski definition) is 4. The number of nitrogens with zero attached hydrogens (tertiary/aromatic N) is 2. The zero-order valence-corrected chi connectivity index (χ0v) is 13.4. The number of carbonyl (C=O) groups is 2. The van der Waals surface area contributed by atoms with Gasteiger partial charge in [0.2, 0.25) is 0 Å². The molecule has 0 atom stereocenters. The van der Waals surface area contributed by atoms with Gasteiger partial charge in [-0.25, -0.2) is 9.69 Å². The Bertz CT molecular complexity index is 729. The third-order valence-electron chi connectivity index (χ3n) is 3.76. The lowest BCUT2D eigenvalue weighted by Crippen LogP contribution is -2.32. The molecule has 0 radical (unpaired) electrons. The van der Waals surface area contributed by atoms with E-state index >= 15 is 0 Å². The molecule has 0 spiro atoms. The molecule has 1 aliphatic rings. The molecule has 0 aromatic heterocycles. The lowest BCUT2D eigenvalue weighted by atomic mass is 10.2. The van der Waals surface area contributed by atoms with Gasteiger partial charge in [0.15, 0.2) is 0 Å². The van der Waals surface area contributed by atoms with E-state index in [-0.39, 0.29) is 5.70 Å². The molecule has 0 unspecified atom stereocenters. The minimum Gasteiger partial charge on any atom is -0.497 e. The molecule has 0 bridgehead atoms. The van der Waals surface area contributed by atoms with Crippen molar-refractivity contribution in [3.63, 3.8) is 0 Å². The molecule has 0 N–H and O–H groups in total. The Morgan fingerprint density at radius 1 is 0.750 bits per heavy atom. The Labute approximate surface area is 139 Å². The lowest BCUT2D eigenvalue weighted by molar-refractivity contribution is -0.113. The summed E-state index contributed by atoms with van der Waals surface area (Å²) in [6.45, 7) is 3.75. The van der Waals surface area contributed by atoms with Crippen LogP contribution in [-0.2, 0) is 4.79 Å². The quantitative estimate of drug-likeness (QED) is 0.640. The number of amides is 3. The molecule has 0 saturated carbocycles. The topological polar surface area (TPSA) is 59.1 Å². The normalized spacial score (nSPS) is 14.3. The van der Waals surface area contributed by atoms with E-state index in [1.54, 1.807) is 62.8 Å². The van der Waals surface area contributed by atoms with Crippen LogP contribution >= 0.6 is 0 Å². The van der Waals surface area contributed by atoms with E-state index in [9.17, 15) is 9.59 Å². The average Bonchev–Trinajstić information content (AvgIpc) is 2.84. The molecule has 1 aliphatic heterocycles. The molecule has 1 fully saturated rings. The maximum Gasteiger partial charge on any atom is 0.340 e. The van der Waals surface area contributed by atoms with Crippen LogP contribution in [-0.4, -0.2) is 26.2 Å². The van der Waals surface area contributed by atoms with Gasteiger partial charge in [-0.1, -0.05) is 6.58 Å². The number of methoxy groups -OCH3 is 2. The summed E-state index contributed by atoms with van der Waals surface area (Å²) in [6.07, 6.45) is 0. The molecule has 0 aliphatic carbocycles. The van der Waals surface area contributed by atoms with E-state index in [2.05, 4.69) is 6.58 Å². The summed E-state index contributed by atoms with van der Waals surface area (Å²) >= 11 is 0. The van der Waals surface area contributed by atoms with Crippen molar-refractivity contribution in [2.45, 2.75) is 0 Å². The number of hydrogen-bond donors (Lipinski definition) is 0. The number of anilines is 2. The van der Waals surface area contributed by atoms with Crippen molar-refractivity contribution in [2.75, 3.05) is 24.0 Å². The number of urea groups is 1. The third kappa shape index (κ3) is 2.48. The van der Waals surface area contributed by atoms with Crippen LogP contribution in [0.4, 0.5) is 16.2 Å². The minimum absolute atomic E-state index is 0.0981. The number of imide groups is 1. The smallest absolute Gasteiger partial charge is 0.340 e. The van der Waals surface area contributed by atoms with Crippen molar-refractivity contribution in [1.82, 2.24) is 0 Å². The Kier molecular flexibility index (Phi) is 3.95. The molecule has 3 amide bonds. The van der Waals surface area contributed by atoms with E-state index in [1.165, 1.54) is 4.90 Å². The molecule has 2 aromatic carbocycles. The summed E-state index contributed by atoms with van der Waals surface area (Å²) in [5.41, 5.74) is 1.11. The standard InChI is InChI=1S/C18H16N2O4/c1-12-17(21)20(14-6-10-16(24-3)11-7-14)18(22)19(12)13-4-8-15(23-2)9-5-13/h4-11H,1H2,2-3H3. The summed E-state index contributed by atoms with van der Waals surface area (Å²) in [5.74, 6) is 0.846. The SMILES string of the molecule is C=C1C(=O)N(c2ccc(OC)cc2)C(=O)N1c1ccc(OC)cc1. The maximum absolute atomic E-state index is 12.7. The highest BCUT2D eigenvalue weighted by Crippen LogP contribution is 2.32. The van der Waals surface area contributed by atoms with Crippen molar-refractivity contribution in [3.05, 3.63) is 60.8 Å². The summed E-state index contributed by atoms with van der Waals surface area (Å²) in [6, 6.07) is 13.1. The van der Waals surface area contributed by atoms with Crippen molar-refractivity contribution < 1.29 is 19.1 Å². The van der Waals surface area contributed by atoms with Gasteiger partial charge in [-0.3, -0.25) is 9.69 Å². The molecular formula is C18H16N2O4. The zero-order valence-electron chi connectivity index (χ0n) is 13.4. The second-order valence-electron chi connectivity index (χ2n) is 5.10. The van der Waals surface area contributed by atoms with Crippen LogP contribution in [0.1, 0.15) is 0 Å².